The first-order valence-corrected chi connectivity index (χ1v) is 14.1. The Labute approximate surface area is 238 Å². The monoisotopic (exact) mass is 551 g/mol. The minimum absolute atomic E-state index is 0.979. The lowest BCUT2D eigenvalue weighted by atomic mass is 9.77. The van der Waals surface area contributed by atoms with Gasteiger partial charge in [0, 0.05) is 34.2 Å². The number of benzene rings is 4. The Bertz CT molecular complexity index is 1600. The van der Waals surface area contributed by atoms with E-state index in [1.165, 1.54) is 61.5 Å². The minimum Gasteiger partial charge on any atom is -0.418 e. The van der Waals surface area contributed by atoms with Crippen LogP contribution in [0.25, 0.3) is 33.6 Å². The molecule has 5 aromatic rings. The standard InChI is InChI=1S/C35H30N.BF4/c1-3-11-25(12-4-1)23-24-36-34-29-17-9-7-13-26(29)19-21-31(34)33(28-15-5-2-6-16-28)32-22-20-27-14-8-10-18-30(27)35(32)36;2-1(3,4)5/h1-18H,19-24H2;/q+1;-1. The summed E-state index contributed by atoms with van der Waals surface area (Å²) in [5, 5.41) is 0. The lowest BCUT2D eigenvalue weighted by molar-refractivity contribution is -0.675. The number of aromatic nitrogens is 1. The summed E-state index contributed by atoms with van der Waals surface area (Å²) in [5.74, 6) is 0. The van der Waals surface area contributed by atoms with Crippen molar-refractivity contribution in [3.8, 4) is 33.6 Å². The molecule has 6 heteroatoms. The Morgan fingerprint density at radius 3 is 1.49 bits per heavy atom. The number of rotatable bonds is 4. The zero-order valence-electron chi connectivity index (χ0n) is 22.7. The molecule has 4 aromatic carbocycles. The molecule has 0 radical (unpaired) electrons. The van der Waals surface area contributed by atoms with E-state index in [1.54, 1.807) is 0 Å². The quantitative estimate of drug-likeness (QED) is 0.120. The van der Waals surface area contributed by atoms with Crippen molar-refractivity contribution >= 4 is 7.25 Å². The van der Waals surface area contributed by atoms with Gasteiger partial charge in [0.25, 0.3) is 0 Å². The number of nitrogens with zero attached hydrogens (tertiary/aromatic N) is 1. The number of halogens is 4. The third-order valence-electron chi connectivity index (χ3n) is 8.08. The van der Waals surface area contributed by atoms with Crippen molar-refractivity contribution < 1.29 is 21.8 Å². The normalized spacial score (nSPS) is 13.2. The van der Waals surface area contributed by atoms with Crippen LogP contribution in [0.1, 0.15) is 27.8 Å². The summed E-state index contributed by atoms with van der Waals surface area (Å²) in [4.78, 5) is 0. The number of aryl methyl sites for hydroxylation is 3. The molecule has 0 atom stereocenters. The van der Waals surface area contributed by atoms with Gasteiger partial charge in [-0.25, -0.2) is 0 Å². The Balaban J connectivity index is 0.000000559. The molecule has 206 valence electrons. The van der Waals surface area contributed by atoms with Gasteiger partial charge in [0.2, 0.25) is 11.4 Å². The smallest absolute Gasteiger partial charge is 0.418 e. The zero-order valence-corrected chi connectivity index (χ0v) is 22.7. The number of hydrogen-bond donors (Lipinski definition) is 0. The van der Waals surface area contributed by atoms with Crippen LogP contribution in [-0.4, -0.2) is 7.25 Å². The average Bonchev–Trinajstić information content (AvgIpc) is 2.99. The van der Waals surface area contributed by atoms with Gasteiger partial charge >= 0.3 is 7.25 Å². The van der Waals surface area contributed by atoms with Crippen LogP contribution in [-0.2, 0) is 38.6 Å². The molecule has 0 spiro atoms. The maximum atomic E-state index is 9.75. The fraction of sp³-hybridized carbons (Fsp3) is 0.171. The van der Waals surface area contributed by atoms with Gasteiger partial charge in [0.1, 0.15) is 0 Å². The Morgan fingerprint density at radius 2 is 0.976 bits per heavy atom. The molecular formula is C35H30BF4N. The SMILES string of the molecule is F[B-](F)(F)F.c1ccc(CC[n+]2c3c(c(-c4ccccc4)c4c2-c2ccccc2CC4)CCc2ccccc2-3)cc1. The molecule has 0 unspecified atom stereocenters. The van der Waals surface area contributed by atoms with E-state index < -0.39 is 7.25 Å². The van der Waals surface area contributed by atoms with Gasteiger partial charge in [0.05, 0.1) is 0 Å². The lowest BCUT2D eigenvalue weighted by Crippen LogP contribution is -2.44. The van der Waals surface area contributed by atoms with Crippen LogP contribution >= 0.6 is 0 Å². The van der Waals surface area contributed by atoms with Gasteiger partial charge in [-0.2, -0.15) is 4.57 Å². The second kappa shape index (κ2) is 11.4. The van der Waals surface area contributed by atoms with Crippen molar-refractivity contribution in [3.63, 3.8) is 0 Å². The average molecular weight is 551 g/mol. The highest BCUT2D eigenvalue weighted by Crippen LogP contribution is 2.44. The van der Waals surface area contributed by atoms with Crippen molar-refractivity contribution in [1.29, 1.82) is 0 Å². The van der Waals surface area contributed by atoms with Crippen LogP contribution in [0.15, 0.2) is 109 Å². The highest BCUT2D eigenvalue weighted by atomic mass is 19.5. The van der Waals surface area contributed by atoms with E-state index in [0.29, 0.717) is 0 Å². The summed E-state index contributed by atoms with van der Waals surface area (Å²) in [6.07, 6.45) is 5.43. The predicted molar refractivity (Wildman–Crippen MR) is 158 cm³/mol. The molecule has 1 nitrogen and oxygen atoms in total. The summed E-state index contributed by atoms with van der Waals surface area (Å²) in [5.41, 5.74) is 15.9. The molecule has 0 saturated heterocycles. The Hall–Kier alpha value is -4.19. The lowest BCUT2D eigenvalue weighted by Gasteiger charge is -2.28. The highest BCUT2D eigenvalue weighted by Gasteiger charge is 2.37. The van der Waals surface area contributed by atoms with Crippen LogP contribution in [0, 0.1) is 0 Å². The molecule has 7 rings (SSSR count). The van der Waals surface area contributed by atoms with E-state index in [2.05, 4.69) is 114 Å². The first kappa shape index (κ1) is 27.0. The molecule has 0 bridgehead atoms. The molecule has 2 aliphatic rings. The molecule has 0 N–H and O–H groups in total. The van der Waals surface area contributed by atoms with Crippen molar-refractivity contribution in [1.82, 2.24) is 0 Å². The molecule has 1 aromatic heterocycles. The molecule has 41 heavy (non-hydrogen) atoms. The van der Waals surface area contributed by atoms with E-state index in [4.69, 9.17) is 0 Å². The number of pyridine rings is 1. The summed E-state index contributed by atoms with van der Waals surface area (Å²) >= 11 is 0. The second-order valence-corrected chi connectivity index (χ2v) is 10.6. The van der Waals surface area contributed by atoms with E-state index in [9.17, 15) is 17.3 Å². The number of fused-ring (bicyclic) bond motifs is 6. The van der Waals surface area contributed by atoms with Crippen molar-refractivity contribution in [2.75, 3.05) is 0 Å². The van der Waals surface area contributed by atoms with Gasteiger partial charge < -0.3 is 17.3 Å². The fourth-order valence-corrected chi connectivity index (χ4v) is 6.48. The summed E-state index contributed by atoms with van der Waals surface area (Å²) in [7, 11) is -6.00. The molecular weight excluding hydrogens is 521 g/mol. The Morgan fingerprint density at radius 1 is 0.537 bits per heavy atom. The summed E-state index contributed by atoms with van der Waals surface area (Å²) in [6.45, 7) is 0.979. The third kappa shape index (κ3) is 5.69. The van der Waals surface area contributed by atoms with Gasteiger partial charge in [-0.05, 0) is 60.1 Å². The molecule has 0 aliphatic heterocycles. The van der Waals surface area contributed by atoms with Crippen LogP contribution in [0.2, 0.25) is 0 Å². The molecule has 0 fully saturated rings. The summed E-state index contributed by atoms with van der Waals surface area (Å²) < 4.78 is 41.7. The first-order chi connectivity index (χ1) is 19.9. The molecule has 0 saturated carbocycles. The van der Waals surface area contributed by atoms with Gasteiger partial charge in [-0.15, -0.1) is 0 Å². The maximum absolute atomic E-state index is 9.75. The molecule has 2 aliphatic carbocycles. The minimum atomic E-state index is -6.00. The topological polar surface area (TPSA) is 3.88 Å². The van der Waals surface area contributed by atoms with Crippen LogP contribution in [0.4, 0.5) is 17.3 Å². The van der Waals surface area contributed by atoms with Crippen molar-refractivity contribution in [3.05, 3.63) is 137 Å². The summed E-state index contributed by atoms with van der Waals surface area (Å²) in [6, 6.07) is 40.3. The van der Waals surface area contributed by atoms with Gasteiger partial charge in [-0.3, -0.25) is 0 Å². The third-order valence-corrected chi connectivity index (χ3v) is 8.08. The molecule has 0 amide bonds. The predicted octanol–water partition coefficient (Wildman–Crippen LogP) is 8.72. The fourth-order valence-electron chi connectivity index (χ4n) is 6.48. The van der Waals surface area contributed by atoms with Crippen molar-refractivity contribution in [2.45, 2.75) is 38.6 Å². The van der Waals surface area contributed by atoms with Crippen molar-refractivity contribution in [2.24, 2.45) is 0 Å². The van der Waals surface area contributed by atoms with Crippen LogP contribution in [0.3, 0.4) is 0 Å². The van der Waals surface area contributed by atoms with E-state index in [-0.39, 0.29) is 0 Å². The zero-order chi connectivity index (χ0) is 28.4. The number of hydrogen-bond acceptors (Lipinski definition) is 0. The van der Waals surface area contributed by atoms with E-state index in [0.717, 1.165) is 38.6 Å². The molecule has 1 heterocycles. The van der Waals surface area contributed by atoms with Gasteiger partial charge in [0.15, 0.2) is 6.54 Å². The van der Waals surface area contributed by atoms with Crippen LogP contribution in [0.5, 0.6) is 0 Å². The maximum Gasteiger partial charge on any atom is 0.673 e. The first-order valence-electron chi connectivity index (χ1n) is 14.1. The largest absolute Gasteiger partial charge is 0.673 e. The van der Waals surface area contributed by atoms with Crippen LogP contribution < -0.4 is 4.57 Å². The van der Waals surface area contributed by atoms with Gasteiger partial charge in [-0.1, -0.05) is 97.1 Å². The van der Waals surface area contributed by atoms with E-state index in [1.807, 2.05) is 0 Å². The van der Waals surface area contributed by atoms with E-state index >= 15 is 0 Å². The Kier molecular flexibility index (Phi) is 7.48. The second-order valence-electron chi connectivity index (χ2n) is 10.6. The highest BCUT2D eigenvalue weighted by molar-refractivity contribution is 6.50.